The zero-order valence-electron chi connectivity index (χ0n) is 12.1. The predicted octanol–water partition coefficient (Wildman–Crippen LogP) is 4.25. The van der Waals surface area contributed by atoms with Gasteiger partial charge in [0.2, 0.25) is 0 Å². The van der Waals surface area contributed by atoms with Crippen molar-refractivity contribution in [1.29, 1.82) is 0 Å². The summed E-state index contributed by atoms with van der Waals surface area (Å²) in [7, 11) is 0. The minimum Gasteiger partial charge on any atom is -0.310 e. The van der Waals surface area contributed by atoms with E-state index >= 15 is 0 Å². The molecule has 0 heterocycles. The van der Waals surface area contributed by atoms with Crippen LogP contribution in [-0.4, -0.2) is 18.3 Å². The van der Waals surface area contributed by atoms with E-state index in [9.17, 15) is 13.2 Å². The molecule has 2 aliphatic rings. The van der Waals surface area contributed by atoms with Gasteiger partial charge in [0.05, 0.1) is 5.92 Å². The van der Waals surface area contributed by atoms with Gasteiger partial charge < -0.3 is 5.32 Å². The van der Waals surface area contributed by atoms with E-state index in [2.05, 4.69) is 17.4 Å². The summed E-state index contributed by atoms with van der Waals surface area (Å²) in [6.07, 6.45) is 1.26. The maximum atomic E-state index is 13.1. The zero-order valence-corrected chi connectivity index (χ0v) is 12.1. The monoisotopic (exact) mass is 297 g/mol. The van der Waals surface area contributed by atoms with E-state index in [-0.39, 0.29) is 12.5 Å². The van der Waals surface area contributed by atoms with Gasteiger partial charge in [-0.2, -0.15) is 13.2 Å². The molecule has 1 saturated carbocycles. The Labute approximate surface area is 123 Å². The summed E-state index contributed by atoms with van der Waals surface area (Å²) in [5.41, 5.74) is 2.65. The molecule has 116 valence electrons. The number of hydrogen-bond donors (Lipinski definition) is 1. The fourth-order valence-corrected chi connectivity index (χ4v) is 3.86. The van der Waals surface area contributed by atoms with E-state index in [0.29, 0.717) is 12.8 Å². The molecule has 21 heavy (non-hydrogen) atoms. The molecule has 0 aliphatic heterocycles. The molecule has 0 amide bonds. The summed E-state index contributed by atoms with van der Waals surface area (Å²) >= 11 is 0. The van der Waals surface area contributed by atoms with Crippen molar-refractivity contribution in [2.24, 2.45) is 5.92 Å². The van der Waals surface area contributed by atoms with Crippen LogP contribution in [0.25, 0.3) is 0 Å². The van der Waals surface area contributed by atoms with E-state index in [1.165, 1.54) is 11.1 Å². The number of rotatable bonds is 2. The van der Waals surface area contributed by atoms with Gasteiger partial charge in [-0.3, -0.25) is 0 Å². The lowest BCUT2D eigenvalue weighted by atomic mass is 9.82. The van der Waals surface area contributed by atoms with Crippen LogP contribution >= 0.6 is 0 Å². The molecule has 0 spiro atoms. The Morgan fingerprint density at radius 1 is 0.952 bits per heavy atom. The van der Waals surface area contributed by atoms with Gasteiger partial charge in [-0.05, 0) is 43.2 Å². The smallest absolute Gasteiger partial charge is 0.310 e. The lowest BCUT2D eigenvalue weighted by Gasteiger charge is -2.37. The highest BCUT2D eigenvalue weighted by atomic mass is 19.4. The van der Waals surface area contributed by atoms with Crippen molar-refractivity contribution in [3.63, 3.8) is 0 Å². The number of hydrogen-bond acceptors (Lipinski definition) is 1. The van der Waals surface area contributed by atoms with Crippen molar-refractivity contribution < 1.29 is 13.2 Å². The number of benzene rings is 1. The second kappa shape index (κ2) is 5.99. The quantitative estimate of drug-likeness (QED) is 0.860. The highest BCUT2D eigenvalue weighted by Gasteiger charge is 2.45. The lowest BCUT2D eigenvalue weighted by molar-refractivity contribution is -0.189. The van der Waals surface area contributed by atoms with Crippen LogP contribution in [0.15, 0.2) is 24.3 Å². The predicted molar refractivity (Wildman–Crippen MR) is 77.2 cm³/mol. The van der Waals surface area contributed by atoms with E-state index < -0.39 is 18.1 Å². The van der Waals surface area contributed by atoms with Gasteiger partial charge in [0.1, 0.15) is 0 Å². The van der Waals surface area contributed by atoms with E-state index in [4.69, 9.17) is 0 Å². The third-order valence-corrected chi connectivity index (χ3v) is 4.98. The molecule has 0 bridgehead atoms. The summed E-state index contributed by atoms with van der Waals surface area (Å²) in [6.45, 7) is 0. The maximum absolute atomic E-state index is 13.1. The fraction of sp³-hybridized carbons (Fsp3) is 0.647. The first-order valence-electron chi connectivity index (χ1n) is 7.93. The number of aryl methyl sites for hydroxylation is 1. The summed E-state index contributed by atoms with van der Waals surface area (Å²) in [5, 5.41) is 3.34. The van der Waals surface area contributed by atoms with Gasteiger partial charge in [0, 0.05) is 12.1 Å². The highest BCUT2D eigenvalue weighted by molar-refractivity contribution is 5.30. The normalized spacial score (nSPS) is 30.0. The van der Waals surface area contributed by atoms with Crippen LogP contribution in [0, 0.1) is 5.92 Å². The Balaban J connectivity index is 1.66. The molecule has 4 heteroatoms. The van der Waals surface area contributed by atoms with Crippen LogP contribution in [-0.2, 0) is 12.8 Å². The molecule has 0 saturated heterocycles. The van der Waals surface area contributed by atoms with Crippen LogP contribution in [0.3, 0.4) is 0 Å². The fourth-order valence-electron chi connectivity index (χ4n) is 3.86. The molecule has 1 aromatic rings. The van der Waals surface area contributed by atoms with Crippen molar-refractivity contribution in [2.45, 2.75) is 63.2 Å². The van der Waals surface area contributed by atoms with Gasteiger partial charge in [-0.1, -0.05) is 37.1 Å². The molecular weight excluding hydrogens is 275 g/mol. The first kappa shape index (κ1) is 14.9. The van der Waals surface area contributed by atoms with Crippen molar-refractivity contribution >= 4 is 0 Å². The summed E-state index contributed by atoms with van der Waals surface area (Å²) in [4.78, 5) is 0. The minimum absolute atomic E-state index is 0.188. The topological polar surface area (TPSA) is 12.0 Å². The van der Waals surface area contributed by atoms with Crippen molar-refractivity contribution in [3.8, 4) is 0 Å². The van der Waals surface area contributed by atoms with Crippen LogP contribution < -0.4 is 5.32 Å². The van der Waals surface area contributed by atoms with Gasteiger partial charge in [-0.25, -0.2) is 0 Å². The summed E-state index contributed by atoms with van der Waals surface area (Å²) in [5.74, 6) is -1.16. The Morgan fingerprint density at radius 3 is 2.43 bits per heavy atom. The van der Waals surface area contributed by atoms with E-state index in [1.54, 1.807) is 0 Å². The first-order chi connectivity index (χ1) is 10.0. The molecule has 0 aromatic heterocycles. The Hall–Kier alpha value is -1.03. The third-order valence-electron chi connectivity index (χ3n) is 4.98. The van der Waals surface area contributed by atoms with Crippen LogP contribution in [0.4, 0.5) is 13.2 Å². The molecule has 3 unspecified atom stereocenters. The second-order valence-electron chi connectivity index (χ2n) is 6.41. The molecular formula is C17H22F3N. The lowest BCUT2D eigenvalue weighted by Crippen LogP contribution is -2.50. The number of nitrogens with one attached hydrogen (secondary N) is 1. The summed E-state index contributed by atoms with van der Waals surface area (Å²) in [6, 6.07) is 8.07. The largest absolute Gasteiger partial charge is 0.393 e. The average Bonchev–Trinajstić information content (AvgIpc) is 2.46. The van der Waals surface area contributed by atoms with Crippen molar-refractivity contribution in [2.75, 3.05) is 0 Å². The summed E-state index contributed by atoms with van der Waals surface area (Å²) < 4.78 is 39.4. The molecule has 1 N–H and O–H groups in total. The molecule has 2 aliphatic carbocycles. The standard InChI is InChI=1S/C17H22F3N/c18-17(19,20)15-7-3-4-8-16(15)21-14-10-9-12-5-1-2-6-13(12)11-14/h1-2,5-6,14-16,21H,3-4,7-11H2. The van der Waals surface area contributed by atoms with Crippen LogP contribution in [0.1, 0.15) is 43.2 Å². The van der Waals surface area contributed by atoms with Crippen LogP contribution in [0.5, 0.6) is 0 Å². The van der Waals surface area contributed by atoms with Gasteiger partial charge >= 0.3 is 6.18 Å². The average molecular weight is 297 g/mol. The Bertz CT molecular complexity index is 483. The van der Waals surface area contributed by atoms with Gasteiger partial charge in [-0.15, -0.1) is 0 Å². The maximum Gasteiger partial charge on any atom is 0.393 e. The molecule has 1 fully saturated rings. The molecule has 3 rings (SSSR count). The number of halogens is 3. The number of alkyl halides is 3. The van der Waals surface area contributed by atoms with Gasteiger partial charge in [0.15, 0.2) is 0 Å². The third kappa shape index (κ3) is 3.42. The molecule has 3 atom stereocenters. The van der Waals surface area contributed by atoms with Gasteiger partial charge in [0.25, 0.3) is 0 Å². The first-order valence-corrected chi connectivity index (χ1v) is 7.93. The Morgan fingerprint density at radius 2 is 1.67 bits per heavy atom. The second-order valence-corrected chi connectivity index (χ2v) is 6.41. The molecule has 1 nitrogen and oxygen atoms in total. The zero-order chi connectivity index (χ0) is 14.9. The Kier molecular flexibility index (Phi) is 4.25. The SMILES string of the molecule is FC(F)(F)C1CCCCC1NC1CCc2ccccc2C1. The van der Waals surface area contributed by atoms with E-state index in [0.717, 1.165) is 25.7 Å². The molecule has 1 aromatic carbocycles. The van der Waals surface area contributed by atoms with E-state index in [1.807, 2.05) is 12.1 Å². The van der Waals surface area contributed by atoms with Crippen LogP contribution in [0.2, 0.25) is 0 Å². The molecule has 0 radical (unpaired) electrons. The number of fused-ring (bicyclic) bond motifs is 1. The minimum atomic E-state index is -4.06. The highest BCUT2D eigenvalue weighted by Crippen LogP contribution is 2.38. The van der Waals surface area contributed by atoms with Crippen molar-refractivity contribution in [3.05, 3.63) is 35.4 Å². The van der Waals surface area contributed by atoms with Crippen molar-refractivity contribution in [1.82, 2.24) is 5.32 Å².